The van der Waals surface area contributed by atoms with Crippen LogP contribution in [0.25, 0.3) is 0 Å². The molecule has 0 aromatic carbocycles. The fraction of sp³-hybridized carbons (Fsp3) is 0.957. The van der Waals surface area contributed by atoms with Crippen molar-refractivity contribution in [1.82, 2.24) is 0 Å². The van der Waals surface area contributed by atoms with E-state index in [0.29, 0.717) is 23.4 Å². The fourth-order valence-corrected chi connectivity index (χ4v) is 8.48. The van der Waals surface area contributed by atoms with Gasteiger partial charge in [-0.1, -0.05) is 19.0 Å². The molecule has 0 radical (unpaired) electrons. The third-order valence-corrected chi connectivity index (χ3v) is 9.70. The van der Waals surface area contributed by atoms with Gasteiger partial charge in [0, 0.05) is 11.8 Å². The van der Waals surface area contributed by atoms with Gasteiger partial charge in [0.05, 0.1) is 11.8 Å². The Balaban J connectivity index is 1.35. The van der Waals surface area contributed by atoms with Crippen LogP contribution in [0.1, 0.15) is 78.6 Å². The highest BCUT2D eigenvalue weighted by Crippen LogP contribution is 2.65. The van der Waals surface area contributed by atoms with Crippen LogP contribution in [-0.4, -0.2) is 23.0 Å². The van der Waals surface area contributed by atoms with Gasteiger partial charge < -0.3 is 9.94 Å². The Kier molecular flexibility index (Phi) is 4.02. The summed E-state index contributed by atoms with van der Waals surface area (Å²) >= 11 is 0. The van der Waals surface area contributed by atoms with Crippen molar-refractivity contribution in [2.24, 2.45) is 52.0 Å². The summed E-state index contributed by atoms with van der Waals surface area (Å²) in [5.41, 5.74) is 0.0619. The molecule has 0 aromatic rings. The van der Waals surface area contributed by atoms with Crippen molar-refractivity contribution < 1.29 is 9.94 Å². The zero-order valence-electron chi connectivity index (χ0n) is 16.9. The summed E-state index contributed by atoms with van der Waals surface area (Å²) in [5, 5.41) is 14.7. The summed E-state index contributed by atoms with van der Waals surface area (Å²) in [7, 11) is 0. The van der Waals surface area contributed by atoms with E-state index in [1.165, 1.54) is 44.9 Å². The summed E-state index contributed by atoms with van der Waals surface area (Å²) in [6.45, 7) is 6.94. The molecule has 4 aliphatic carbocycles. The standard InChI is InChI=1S/C23H37NO2/c1-14-13-24-26-21(14)20-7-6-19-18-5-4-15-12-22(2,25)10-8-16(15)17(18)9-11-23(19,20)3/h13-21,25H,4-12H2,1-3H3/t14?,15-,16+,17-,18-,19+,20-,21?,22-,23+/m1/s1. The lowest BCUT2D eigenvalue weighted by atomic mass is 9.48. The fourth-order valence-electron chi connectivity index (χ4n) is 8.48. The van der Waals surface area contributed by atoms with E-state index in [0.717, 1.165) is 42.4 Å². The third-order valence-electron chi connectivity index (χ3n) is 9.70. The first-order valence-corrected chi connectivity index (χ1v) is 11.3. The van der Waals surface area contributed by atoms with E-state index in [2.05, 4.69) is 25.9 Å². The molecule has 26 heavy (non-hydrogen) atoms. The van der Waals surface area contributed by atoms with Crippen molar-refractivity contribution in [3.8, 4) is 0 Å². The van der Waals surface area contributed by atoms with E-state index in [4.69, 9.17) is 4.84 Å². The van der Waals surface area contributed by atoms with Crippen molar-refractivity contribution in [1.29, 1.82) is 0 Å². The number of hydrogen-bond donors (Lipinski definition) is 1. The molecule has 5 rings (SSSR count). The predicted molar refractivity (Wildman–Crippen MR) is 104 cm³/mol. The zero-order chi connectivity index (χ0) is 18.1. The maximum atomic E-state index is 10.6. The second-order valence-electron chi connectivity index (χ2n) is 11.1. The Morgan fingerprint density at radius 2 is 1.69 bits per heavy atom. The van der Waals surface area contributed by atoms with Crippen molar-refractivity contribution in [3.63, 3.8) is 0 Å². The second kappa shape index (κ2) is 5.96. The van der Waals surface area contributed by atoms with Gasteiger partial charge in [-0.05, 0) is 99.7 Å². The molecule has 1 heterocycles. The Hall–Kier alpha value is -0.570. The Bertz CT molecular complexity index is 587. The van der Waals surface area contributed by atoms with Crippen LogP contribution in [-0.2, 0) is 4.84 Å². The molecule has 0 aromatic heterocycles. The molecule has 0 bridgehead atoms. The van der Waals surface area contributed by atoms with Gasteiger partial charge in [0.15, 0.2) is 0 Å². The second-order valence-corrected chi connectivity index (χ2v) is 11.1. The van der Waals surface area contributed by atoms with E-state index < -0.39 is 5.60 Å². The summed E-state index contributed by atoms with van der Waals surface area (Å²) < 4.78 is 0. The average molecular weight is 360 g/mol. The lowest BCUT2D eigenvalue weighted by Gasteiger charge is -2.57. The highest BCUT2D eigenvalue weighted by molar-refractivity contribution is 5.62. The maximum absolute atomic E-state index is 10.6. The minimum absolute atomic E-state index is 0.322. The molecule has 1 N–H and O–H groups in total. The molecule has 4 saturated carbocycles. The van der Waals surface area contributed by atoms with Crippen LogP contribution in [0, 0.1) is 46.8 Å². The Morgan fingerprint density at radius 1 is 0.923 bits per heavy atom. The normalized spacial score (nSPS) is 58.6. The Morgan fingerprint density at radius 3 is 2.46 bits per heavy atom. The van der Waals surface area contributed by atoms with Gasteiger partial charge in [0.1, 0.15) is 6.10 Å². The summed E-state index contributed by atoms with van der Waals surface area (Å²) in [5.74, 6) is 5.60. The molecular weight excluding hydrogens is 322 g/mol. The number of rotatable bonds is 1. The smallest absolute Gasteiger partial charge is 0.138 e. The van der Waals surface area contributed by atoms with Crippen molar-refractivity contribution >= 4 is 6.21 Å². The van der Waals surface area contributed by atoms with Gasteiger partial charge in [-0.2, -0.15) is 0 Å². The topological polar surface area (TPSA) is 41.8 Å². The molecule has 0 amide bonds. The molecule has 5 aliphatic rings. The minimum Gasteiger partial charge on any atom is -0.392 e. The quantitative estimate of drug-likeness (QED) is 0.713. The molecule has 0 spiro atoms. The molecule has 0 saturated heterocycles. The monoisotopic (exact) mass is 359 g/mol. The Labute approximate surface area is 158 Å². The van der Waals surface area contributed by atoms with E-state index in [1.54, 1.807) is 0 Å². The predicted octanol–water partition coefficient (Wildman–Crippen LogP) is 5.03. The molecule has 4 fully saturated rings. The van der Waals surface area contributed by atoms with Gasteiger partial charge in [0.25, 0.3) is 0 Å². The lowest BCUT2D eigenvalue weighted by molar-refractivity contribution is -0.113. The first-order chi connectivity index (χ1) is 12.4. The molecule has 3 nitrogen and oxygen atoms in total. The molecule has 2 unspecified atom stereocenters. The van der Waals surface area contributed by atoms with Crippen LogP contribution >= 0.6 is 0 Å². The average Bonchev–Trinajstić information content (AvgIpc) is 3.15. The number of nitrogens with zero attached hydrogens (tertiary/aromatic N) is 1. The number of fused-ring (bicyclic) bond motifs is 5. The van der Waals surface area contributed by atoms with Crippen LogP contribution in [0.2, 0.25) is 0 Å². The van der Waals surface area contributed by atoms with E-state index >= 15 is 0 Å². The molecule has 3 heteroatoms. The van der Waals surface area contributed by atoms with Crippen LogP contribution < -0.4 is 0 Å². The molecular formula is C23H37NO2. The van der Waals surface area contributed by atoms with Gasteiger partial charge in [0.2, 0.25) is 0 Å². The van der Waals surface area contributed by atoms with E-state index in [9.17, 15) is 5.11 Å². The zero-order valence-corrected chi connectivity index (χ0v) is 16.9. The van der Waals surface area contributed by atoms with Gasteiger partial charge in [-0.25, -0.2) is 0 Å². The summed E-state index contributed by atoms with van der Waals surface area (Å²) in [6, 6.07) is 0. The molecule has 1 aliphatic heterocycles. The largest absolute Gasteiger partial charge is 0.392 e. The van der Waals surface area contributed by atoms with Gasteiger partial charge in [-0.15, -0.1) is 0 Å². The first-order valence-electron chi connectivity index (χ1n) is 11.3. The van der Waals surface area contributed by atoms with Crippen molar-refractivity contribution in [2.45, 2.75) is 90.3 Å². The highest BCUT2D eigenvalue weighted by atomic mass is 16.6. The van der Waals surface area contributed by atoms with Crippen LogP contribution in [0.15, 0.2) is 5.16 Å². The van der Waals surface area contributed by atoms with Crippen molar-refractivity contribution in [2.75, 3.05) is 0 Å². The number of oxime groups is 1. The van der Waals surface area contributed by atoms with Gasteiger partial charge in [-0.3, -0.25) is 0 Å². The number of aliphatic hydroxyl groups is 1. The van der Waals surface area contributed by atoms with Crippen molar-refractivity contribution in [3.05, 3.63) is 0 Å². The highest BCUT2D eigenvalue weighted by Gasteiger charge is 2.59. The lowest BCUT2D eigenvalue weighted by Crippen LogP contribution is -2.51. The van der Waals surface area contributed by atoms with Crippen LogP contribution in [0.4, 0.5) is 0 Å². The summed E-state index contributed by atoms with van der Waals surface area (Å²) in [4.78, 5) is 5.85. The van der Waals surface area contributed by atoms with Crippen LogP contribution in [0.5, 0.6) is 0 Å². The number of hydrogen-bond acceptors (Lipinski definition) is 3. The first kappa shape index (κ1) is 17.5. The molecule has 10 atom stereocenters. The van der Waals surface area contributed by atoms with E-state index in [-0.39, 0.29) is 0 Å². The SMILES string of the molecule is CC1C=NOC1[C@H]1CC[C@H]2[C@@H]3CC[C@@H]4C[C@](C)(O)CC[C@@H]4[C@H]3CC[C@]12C. The third kappa shape index (κ3) is 2.52. The van der Waals surface area contributed by atoms with Crippen LogP contribution in [0.3, 0.4) is 0 Å². The summed E-state index contributed by atoms with van der Waals surface area (Å²) in [6.07, 6.45) is 14.0. The molecule has 146 valence electrons. The maximum Gasteiger partial charge on any atom is 0.138 e. The van der Waals surface area contributed by atoms with E-state index in [1.807, 2.05) is 6.21 Å². The van der Waals surface area contributed by atoms with Gasteiger partial charge >= 0.3 is 0 Å². The minimum atomic E-state index is -0.397.